The number of ether oxygens (including phenoxy) is 1. The van der Waals surface area contributed by atoms with E-state index in [1.165, 1.54) is 0 Å². The van der Waals surface area contributed by atoms with E-state index >= 15 is 0 Å². The van der Waals surface area contributed by atoms with E-state index in [1.54, 1.807) is 7.11 Å². The van der Waals surface area contributed by atoms with Crippen molar-refractivity contribution >= 4 is 0 Å². The largest absolute Gasteiger partial charge is 0.507 e. The summed E-state index contributed by atoms with van der Waals surface area (Å²) in [4.78, 5) is 0. The number of phenols is 1. The number of aryl methyl sites for hydroxylation is 1. The highest BCUT2D eigenvalue weighted by atomic mass is 16.5. The van der Waals surface area contributed by atoms with Crippen molar-refractivity contribution < 1.29 is 9.84 Å². The summed E-state index contributed by atoms with van der Waals surface area (Å²) >= 11 is 0. The van der Waals surface area contributed by atoms with Gasteiger partial charge in [-0.1, -0.05) is 0 Å². The molecular formula is C10H15NO2. The van der Waals surface area contributed by atoms with Crippen molar-refractivity contribution in [2.75, 3.05) is 7.11 Å². The Kier molecular flexibility index (Phi) is 2.78. The molecule has 0 aliphatic heterocycles. The van der Waals surface area contributed by atoms with Crippen molar-refractivity contribution in [1.29, 1.82) is 0 Å². The molecule has 0 spiro atoms. The zero-order chi connectivity index (χ0) is 10.0. The Hall–Kier alpha value is -1.22. The molecule has 0 bridgehead atoms. The fourth-order valence-corrected chi connectivity index (χ4v) is 1.51. The Labute approximate surface area is 78.1 Å². The quantitative estimate of drug-likeness (QED) is 0.726. The highest BCUT2D eigenvalue weighted by Crippen LogP contribution is 2.33. The van der Waals surface area contributed by atoms with Crippen LogP contribution in [0, 0.1) is 13.8 Å². The van der Waals surface area contributed by atoms with Gasteiger partial charge in [0.15, 0.2) is 0 Å². The van der Waals surface area contributed by atoms with E-state index in [1.807, 2.05) is 19.9 Å². The predicted octanol–water partition coefficient (Wildman–Crippen LogP) is 1.48. The second-order valence-corrected chi connectivity index (χ2v) is 3.06. The molecule has 0 atom stereocenters. The van der Waals surface area contributed by atoms with Crippen LogP contribution in [0.3, 0.4) is 0 Å². The van der Waals surface area contributed by atoms with Gasteiger partial charge in [0, 0.05) is 17.7 Å². The molecule has 13 heavy (non-hydrogen) atoms. The maximum atomic E-state index is 9.67. The van der Waals surface area contributed by atoms with Crippen molar-refractivity contribution in [2.24, 2.45) is 5.73 Å². The number of phenolic OH excluding ortho intramolecular Hbond substituents is 1. The second-order valence-electron chi connectivity index (χ2n) is 3.06. The van der Waals surface area contributed by atoms with E-state index < -0.39 is 0 Å². The summed E-state index contributed by atoms with van der Waals surface area (Å²) in [6, 6.07) is 1.85. The molecule has 72 valence electrons. The highest BCUT2D eigenvalue weighted by Gasteiger charge is 2.11. The van der Waals surface area contributed by atoms with Gasteiger partial charge in [-0.05, 0) is 25.5 Å². The molecule has 1 aromatic rings. The first-order chi connectivity index (χ1) is 6.11. The van der Waals surface area contributed by atoms with E-state index in [9.17, 15) is 5.11 Å². The third-order valence-electron chi connectivity index (χ3n) is 2.17. The van der Waals surface area contributed by atoms with Gasteiger partial charge in [0.05, 0.1) is 7.11 Å². The summed E-state index contributed by atoms with van der Waals surface area (Å²) < 4.78 is 5.16. The molecule has 0 saturated carbocycles. The minimum Gasteiger partial charge on any atom is -0.507 e. The monoisotopic (exact) mass is 181 g/mol. The third kappa shape index (κ3) is 1.60. The van der Waals surface area contributed by atoms with Crippen molar-refractivity contribution in [3.63, 3.8) is 0 Å². The first-order valence-electron chi connectivity index (χ1n) is 4.18. The van der Waals surface area contributed by atoms with E-state index in [2.05, 4.69) is 0 Å². The Morgan fingerprint density at radius 1 is 1.46 bits per heavy atom. The first-order valence-corrected chi connectivity index (χ1v) is 4.18. The third-order valence-corrected chi connectivity index (χ3v) is 2.17. The molecule has 1 rings (SSSR count). The zero-order valence-corrected chi connectivity index (χ0v) is 8.22. The molecule has 0 fully saturated rings. The predicted molar refractivity (Wildman–Crippen MR) is 52.0 cm³/mol. The van der Waals surface area contributed by atoms with Crippen LogP contribution in [0.4, 0.5) is 0 Å². The molecule has 0 heterocycles. The van der Waals surface area contributed by atoms with E-state index in [-0.39, 0.29) is 5.75 Å². The van der Waals surface area contributed by atoms with Crippen LogP contribution in [0.15, 0.2) is 6.07 Å². The van der Waals surface area contributed by atoms with Crippen LogP contribution in [-0.4, -0.2) is 12.2 Å². The van der Waals surface area contributed by atoms with Crippen LogP contribution in [0.2, 0.25) is 0 Å². The van der Waals surface area contributed by atoms with Crippen LogP contribution in [-0.2, 0) is 6.54 Å². The number of nitrogens with two attached hydrogens (primary N) is 1. The van der Waals surface area contributed by atoms with Crippen LogP contribution < -0.4 is 10.5 Å². The van der Waals surface area contributed by atoms with Crippen LogP contribution in [0.5, 0.6) is 11.5 Å². The van der Waals surface area contributed by atoms with Gasteiger partial charge in [-0.15, -0.1) is 0 Å². The lowest BCUT2D eigenvalue weighted by molar-refractivity contribution is 0.398. The molecule has 0 radical (unpaired) electrons. The summed E-state index contributed by atoms with van der Waals surface area (Å²) in [6.07, 6.45) is 0. The molecule has 0 saturated heterocycles. The summed E-state index contributed by atoms with van der Waals surface area (Å²) in [5.41, 5.74) is 7.99. The van der Waals surface area contributed by atoms with Gasteiger partial charge in [0.25, 0.3) is 0 Å². The van der Waals surface area contributed by atoms with E-state index in [0.29, 0.717) is 6.54 Å². The van der Waals surface area contributed by atoms with Gasteiger partial charge in [-0.25, -0.2) is 0 Å². The lowest BCUT2D eigenvalue weighted by atomic mass is 10.0. The van der Waals surface area contributed by atoms with E-state index in [0.717, 1.165) is 22.4 Å². The summed E-state index contributed by atoms with van der Waals surface area (Å²) in [5.74, 6) is 0.972. The highest BCUT2D eigenvalue weighted by molar-refractivity contribution is 5.52. The van der Waals surface area contributed by atoms with Gasteiger partial charge in [-0.3, -0.25) is 0 Å². The van der Waals surface area contributed by atoms with Gasteiger partial charge in [0.2, 0.25) is 0 Å². The molecule has 3 N–H and O–H groups in total. The first kappa shape index (κ1) is 9.86. The van der Waals surface area contributed by atoms with Crippen molar-refractivity contribution in [3.05, 3.63) is 22.8 Å². The minimum absolute atomic E-state index is 0.241. The molecule has 0 unspecified atom stereocenters. The molecule has 3 heteroatoms. The Balaban J connectivity index is 3.37. The Morgan fingerprint density at radius 2 is 2.08 bits per heavy atom. The smallest absolute Gasteiger partial charge is 0.128 e. The molecule has 0 aliphatic carbocycles. The molecule has 0 aliphatic rings. The average Bonchev–Trinajstić information content (AvgIpc) is 2.12. The number of rotatable bonds is 2. The van der Waals surface area contributed by atoms with Gasteiger partial charge >= 0.3 is 0 Å². The molecule has 0 amide bonds. The maximum absolute atomic E-state index is 9.67. The number of hydrogen-bond donors (Lipinski definition) is 2. The van der Waals surface area contributed by atoms with Gasteiger partial charge in [0.1, 0.15) is 11.5 Å². The van der Waals surface area contributed by atoms with Crippen LogP contribution in [0.1, 0.15) is 16.7 Å². The second kappa shape index (κ2) is 3.66. The Bertz CT molecular complexity index is 321. The van der Waals surface area contributed by atoms with Crippen molar-refractivity contribution in [1.82, 2.24) is 0 Å². The average molecular weight is 181 g/mol. The standard InChI is InChI=1S/C10H15NO2/c1-6-4-8(5-11)9(12)7(2)10(6)13-3/h4,12H,5,11H2,1-3H3. The lowest BCUT2D eigenvalue weighted by Crippen LogP contribution is -2.00. The molecule has 3 nitrogen and oxygen atoms in total. The summed E-state index contributed by atoms with van der Waals surface area (Å²) in [5, 5.41) is 9.67. The SMILES string of the molecule is COc1c(C)cc(CN)c(O)c1C. The van der Waals surface area contributed by atoms with Crippen molar-refractivity contribution in [2.45, 2.75) is 20.4 Å². The Morgan fingerprint density at radius 3 is 2.54 bits per heavy atom. The van der Waals surface area contributed by atoms with Crippen LogP contribution >= 0.6 is 0 Å². The van der Waals surface area contributed by atoms with Crippen LogP contribution in [0.25, 0.3) is 0 Å². The summed E-state index contributed by atoms with van der Waals surface area (Å²) in [6.45, 7) is 4.10. The fraction of sp³-hybridized carbons (Fsp3) is 0.400. The fourth-order valence-electron chi connectivity index (χ4n) is 1.51. The molecular weight excluding hydrogens is 166 g/mol. The summed E-state index contributed by atoms with van der Waals surface area (Å²) in [7, 11) is 1.59. The van der Waals surface area contributed by atoms with Crippen molar-refractivity contribution in [3.8, 4) is 11.5 Å². The molecule has 1 aromatic carbocycles. The normalized spacial score (nSPS) is 10.2. The topological polar surface area (TPSA) is 55.5 Å². The maximum Gasteiger partial charge on any atom is 0.128 e. The molecule has 0 aromatic heterocycles. The number of benzene rings is 1. The minimum atomic E-state index is 0.241. The van der Waals surface area contributed by atoms with Gasteiger partial charge in [-0.2, -0.15) is 0 Å². The zero-order valence-electron chi connectivity index (χ0n) is 8.22. The van der Waals surface area contributed by atoms with E-state index in [4.69, 9.17) is 10.5 Å². The van der Waals surface area contributed by atoms with Gasteiger partial charge < -0.3 is 15.6 Å². The lowest BCUT2D eigenvalue weighted by Gasteiger charge is -2.12. The number of hydrogen-bond acceptors (Lipinski definition) is 3. The number of aromatic hydroxyl groups is 1. The number of methoxy groups -OCH3 is 1.